The first-order valence-corrected chi connectivity index (χ1v) is 8.94. The number of benzene rings is 2. The van der Waals surface area contributed by atoms with Crippen molar-refractivity contribution in [2.75, 3.05) is 6.26 Å². The Bertz CT molecular complexity index is 1150. The molecule has 0 spiro atoms. The van der Waals surface area contributed by atoms with Crippen LogP contribution in [0.5, 0.6) is 0 Å². The Morgan fingerprint density at radius 2 is 2.04 bits per heavy atom. The van der Waals surface area contributed by atoms with E-state index < -0.39 is 5.76 Å². The van der Waals surface area contributed by atoms with E-state index in [9.17, 15) is 4.79 Å². The number of halogens is 1. The molecule has 0 saturated heterocycles. The number of aromatic nitrogens is 3. The number of nitrogens with zero attached hydrogens (tertiary/aromatic N) is 3. The zero-order chi connectivity index (χ0) is 17.6. The minimum Gasteiger partial charge on any atom is -0.408 e. The molecule has 2 heterocycles. The third-order valence-electron chi connectivity index (χ3n) is 3.88. The summed E-state index contributed by atoms with van der Waals surface area (Å²) >= 11 is 7.85. The Labute approximate surface area is 151 Å². The van der Waals surface area contributed by atoms with Crippen molar-refractivity contribution < 1.29 is 8.94 Å². The van der Waals surface area contributed by atoms with Crippen molar-refractivity contribution in [2.24, 2.45) is 7.05 Å². The molecule has 0 unspecified atom stereocenters. The van der Waals surface area contributed by atoms with Gasteiger partial charge in [0.05, 0.1) is 16.1 Å². The first kappa shape index (κ1) is 16.0. The number of rotatable bonds is 3. The van der Waals surface area contributed by atoms with E-state index in [1.807, 2.05) is 24.5 Å². The molecule has 126 valence electrons. The van der Waals surface area contributed by atoms with Gasteiger partial charge in [0.25, 0.3) is 5.89 Å². The van der Waals surface area contributed by atoms with Gasteiger partial charge in [-0.25, -0.2) is 4.79 Å². The summed E-state index contributed by atoms with van der Waals surface area (Å²) in [6.07, 6.45) is 1.98. The maximum Gasteiger partial charge on any atom is 0.419 e. The predicted molar refractivity (Wildman–Crippen MR) is 97.0 cm³/mol. The second-order valence-electron chi connectivity index (χ2n) is 5.38. The molecule has 0 N–H and O–H groups in total. The van der Waals surface area contributed by atoms with Crippen molar-refractivity contribution in [3.05, 3.63) is 52.0 Å². The van der Waals surface area contributed by atoms with Crippen LogP contribution in [0.4, 0.5) is 0 Å². The highest BCUT2D eigenvalue weighted by Crippen LogP contribution is 2.32. The number of oxazole rings is 1. The standard InChI is InChI=1S/C17H12ClN3O3S/c1-21-13-6-3-9(7-14(13)23-17(21)22)15-19-16(24-20-15)11-8-10(25-2)4-5-12(11)18/h3-8H,1-2H3. The van der Waals surface area contributed by atoms with Crippen LogP contribution >= 0.6 is 23.4 Å². The second-order valence-corrected chi connectivity index (χ2v) is 6.67. The van der Waals surface area contributed by atoms with Crippen molar-refractivity contribution in [3.8, 4) is 22.8 Å². The zero-order valence-corrected chi connectivity index (χ0v) is 14.9. The van der Waals surface area contributed by atoms with Crippen LogP contribution in [0.15, 0.2) is 55.0 Å². The minimum absolute atomic E-state index is 0.338. The third-order valence-corrected chi connectivity index (χ3v) is 4.94. The maximum atomic E-state index is 11.6. The van der Waals surface area contributed by atoms with E-state index in [0.29, 0.717) is 39.0 Å². The highest BCUT2D eigenvalue weighted by atomic mass is 35.5. The number of aryl methyl sites for hydroxylation is 1. The van der Waals surface area contributed by atoms with Gasteiger partial charge in [-0.3, -0.25) is 4.57 Å². The molecular weight excluding hydrogens is 362 g/mol. The molecule has 8 heteroatoms. The Hall–Kier alpha value is -2.51. The van der Waals surface area contributed by atoms with E-state index in [4.69, 9.17) is 20.5 Å². The smallest absolute Gasteiger partial charge is 0.408 e. The van der Waals surface area contributed by atoms with Crippen molar-refractivity contribution in [1.29, 1.82) is 0 Å². The highest BCUT2D eigenvalue weighted by molar-refractivity contribution is 7.98. The Morgan fingerprint density at radius 3 is 2.84 bits per heavy atom. The molecule has 25 heavy (non-hydrogen) atoms. The van der Waals surface area contributed by atoms with Crippen LogP contribution in [-0.4, -0.2) is 21.0 Å². The summed E-state index contributed by atoms with van der Waals surface area (Å²) in [6, 6.07) is 10.9. The van der Waals surface area contributed by atoms with Crippen LogP contribution in [0.2, 0.25) is 5.02 Å². The summed E-state index contributed by atoms with van der Waals surface area (Å²) in [6.45, 7) is 0. The monoisotopic (exact) mass is 373 g/mol. The summed E-state index contributed by atoms with van der Waals surface area (Å²) in [4.78, 5) is 17.1. The lowest BCUT2D eigenvalue weighted by Gasteiger charge is -2.01. The Morgan fingerprint density at radius 1 is 1.20 bits per heavy atom. The number of hydrogen-bond acceptors (Lipinski definition) is 6. The average molecular weight is 374 g/mol. The predicted octanol–water partition coefficient (Wildman–Crippen LogP) is 4.22. The number of thioether (sulfide) groups is 1. The summed E-state index contributed by atoms with van der Waals surface area (Å²) in [7, 11) is 1.65. The lowest BCUT2D eigenvalue weighted by Crippen LogP contribution is -2.08. The van der Waals surface area contributed by atoms with Crippen LogP contribution in [0.3, 0.4) is 0 Å². The second kappa shape index (κ2) is 6.09. The SMILES string of the molecule is CSc1ccc(Cl)c(-c2nc(-c3ccc4c(c3)oc(=O)n4C)no2)c1. The lowest BCUT2D eigenvalue weighted by atomic mass is 10.2. The molecule has 4 rings (SSSR count). The molecule has 0 aliphatic carbocycles. The fourth-order valence-corrected chi connectivity index (χ4v) is 3.16. The van der Waals surface area contributed by atoms with Gasteiger partial charge >= 0.3 is 5.76 Å². The highest BCUT2D eigenvalue weighted by Gasteiger charge is 2.15. The number of hydrogen-bond donors (Lipinski definition) is 0. The first-order valence-electron chi connectivity index (χ1n) is 7.34. The maximum absolute atomic E-state index is 11.6. The van der Waals surface area contributed by atoms with Crippen LogP contribution in [0.1, 0.15) is 0 Å². The van der Waals surface area contributed by atoms with Gasteiger partial charge in [-0.15, -0.1) is 11.8 Å². The van der Waals surface area contributed by atoms with Crippen LogP contribution in [0.25, 0.3) is 33.9 Å². The quantitative estimate of drug-likeness (QED) is 0.500. The van der Waals surface area contributed by atoms with Gasteiger partial charge in [0.1, 0.15) is 0 Å². The molecule has 0 aliphatic heterocycles. The largest absolute Gasteiger partial charge is 0.419 e. The molecule has 0 atom stereocenters. The molecule has 0 saturated carbocycles. The molecule has 0 radical (unpaired) electrons. The zero-order valence-electron chi connectivity index (χ0n) is 13.3. The lowest BCUT2D eigenvalue weighted by molar-refractivity contribution is 0.432. The molecular formula is C17H12ClN3O3S. The Kier molecular flexibility index (Phi) is 3.89. The van der Waals surface area contributed by atoms with Crippen molar-refractivity contribution in [2.45, 2.75) is 4.90 Å². The molecule has 6 nitrogen and oxygen atoms in total. The fraction of sp³-hybridized carbons (Fsp3) is 0.118. The van der Waals surface area contributed by atoms with Gasteiger partial charge in [0.2, 0.25) is 5.82 Å². The van der Waals surface area contributed by atoms with Gasteiger partial charge in [0.15, 0.2) is 5.58 Å². The summed E-state index contributed by atoms with van der Waals surface area (Å²) in [5, 5.41) is 4.56. The van der Waals surface area contributed by atoms with E-state index >= 15 is 0 Å². The van der Waals surface area contributed by atoms with Crippen LogP contribution in [0, 0.1) is 0 Å². The van der Waals surface area contributed by atoms with Crippen molar-refractivity contribution in [3.63, 3.8) is 0 Å². The van der Waals surface area contributed by atoms with Crippen molar-refractivity contribution in [1.82, 2.24) is 14.7 Å². The van der Waals surface area contributed by atoms with E-state index in [0.717, 1.165) is 4.90 Å². The molecule has 0 aliphatic rings. The van der Waals surface area contributed by atoms with Gasteiger partial charge in [0, 0.05) is 17.5 Å². The topological polar surface area (TPSA) is 74.1 Å². The molecule has 4 aromatic rings. The molecule has 2 aromatic carbocycles. The van der Waals surface area contributed by atoms with E-state index in [1.165, 1.54) is 4.57 Å². The third kappa shape index (κ3) is 2.75. The summed E-state index contributed by atoms with van der Waals surface area (Å²) < 4.78 is 12.0. The average Bonchev–Trinajstić information content (AvgIpc) is 3.21. The molecule has 0 bridgehead atoms. The van der Waals surface area contributed by atoms with E-state index in [2.05, 4.69) is 10.1 Å². The van der Waals surface area contributed by atoms with E-state index in [-0.39, 0.29) is 0 Å². The number of fused-ring (bicyclic) bond motifs is 1. The molecule has 2 aromatic heterocycles. The summed E-state index contributed by atoms with van der Waals surface area (Å²) in [5.41, 5.74) is 2.54. The van der Waals surface area contributed by atoms with Crippen LogP contribution < -0.4 is 5.76 Å². The summed E-state index contributed by atoms with van der Waals surface area (Å²) in [5.74, 6) is 0.321. The van der Waals surface area contributed by atoms with Crippen LogP contribution in [-0.2, 0) is 7.05 Å². The van der Waals surface area contributed by atoms with Gasteiger partial charge < -0.3 is 8.94 Å². The van der Waals surface area contributed by atoms with E-state index in [1.54, 1.807) is 37.0 Å². The minimum atomic E-state index is -0.415. The Balaban J connectivity index is 1.78. The van der Waals surface area contributed by atoms with Gasteiger partial charge in [-0.2, -0.15) is 4.98 Å². The molecule has 0 amide bonds. The van der Waals surface area contributed by atoms with Crippen molar-refractivity contribution >= 4 is 34.5 Å². The normalized spacial score (nSPS) is 11.3. The van der Waals surface area contributed by atoms with Gasteiger partial charge in [-0.05, 0) is 42.7 Å². The fourth-order valence-electron chi connectivity index (χ4n) is 2.52. The van der Waals surface area contributed by atoms with Gasteiger partial charge in [-0.1, -0.05) is 16.8 Å². The first-order chi connectivity index (χ1) is 12.1. The molecule has 0 fully saturated rings.